The summed E-state index contributed by atoms with van der Waals surface area (Å²) < 4.78 is 26.0. The number of hydrogen-bond donors (Lipinski definition) is 2. The van der Waals surface area contributed by atoms with Gasteiger partial charge in [0, 0.05) is 30.2 Å². The average molecular weight is 318 g/mol. The first kappa shape index (κ1) is 15.3. The predicted octanol–water partition coefficient (Wildman–Crippen LogP) is 3.36. The number of hydrogen-bond acceptors (Lipinski definition) is 4. The Morgan fingerprint density at radius 3 is 2.43 bits per heavy atom. The van der Waals surface area contributed by atoms with E-state index in [1.165, 1.54) is 31.3 Å². The molecule has 2 N–H and O–H groups in total. The fourth-order valence-electron chi connectivity index (χ4n) is 2.55. The Morgan fingerprint density at radius 1 is 1.09 bits per heavy atom. The molecule has 0 saturated heterocycles. The summed E-state index contributed by atoms with van der Waals surface area (Å²) in [6.07, 6.45) is 7.40. The van der Waals surface area contributed by atoms with Gasteiger partial charge in [-0.25, -0.2) is 18.7 Å². The molecule has 0 atom stereocenters. The Labute approximate surface area is 132 Å². The van der Waals surface area contributed by atoms with Gasteiger partial charge in [0.25, 0.3) is 5.91 Å². The number of nitrogens with one attached hydrogen (secondary N) is 2. The van der Waals surface area contributed by atoms with Crippen molar-refractivity contribution in [2.45, 2.75) is 31.7 Å². The topological polar surface area (TPSA) is 66.9 Å². The Morgan fingerprint density at radius 2 is 1.78 bits per heavy atom. The van der Waals surface area contributed by atoms with E-state index >= 15 is 0 Å². The number of carbonyl (C=O) groups is 1. The molecule has 1 amide bonds. The van der Waals surface area contributed by atoms with Crippen LogP contribution in [0.5, 0.6) is 0 Å². The molecule has 0 radical (unpaired) electrons. The lowest BCUT2D eigenvalue weighted by Crippen LogP contribution is -2.18. The summed E-state index contributed by atoms with van der Waals surface area (Å²) in [5.41, 5.74) is 0.411. The third-order valence-electron chi connectivity index (χ3n) is 3.78. The molecule has 23 heavy (non-hydrogen) atoms. The first-order valence-corrected chi connectivity index (χ1v) is 7.47. The van der Waals surface area contributed by atoms with Crippen molar-refractivity contribution >= 4 is 17.5 Å². The van der Waals surface area contributed by atoms with E-state index in [0.717, 1.165) is 25.0 Å². The van der Waals surface area contributed by atoms with Crippen LogP contribution < -0.4 is 10.6 Å². The summed E-state index contributed by atoms with van der Waals surface area (Å²) in [5.74, 6) is -1.98. The van der Waals surface area contributed by atoms with Crippen molar-refractivity contribution in [2.75, 3.05) is 10.6 Å². The van der Waals surface area contributed by atoms with Crippen LogP contribution in [-0.2, 0) is 0 Å². The normalized spacial score (nSPS) is 14.7. The Kier molecular flexibility index (Phi) is 4.45. The Balaban J connectivity index is 1.63. The van der Waals surface area contributed by atoms with Gasteiger partial charge in [-0.15, -0.1) is 0 Å². The highest BCUT2D eigenvalue weighted by molar-refractivity contribution is 6.03. The molecule has 0 bridgehead atoms. The minimum atomic E-state index is -1.02. The fourth-order valence-corrected chi connectivity index (χ4v) is 2.55. The van der Waals surface area contributed by atoms with Crippen LogP contribution in [0.25, 0.3) is 0 Å². The van der Waals surface area contributed by atoms with Gasteiger partial charge >= 0.3 is 0 Å². The van der Waals surface area contributed by atoms with Crippen LogP contribution in [0.4, 0.5) is 20.4 Å². The molecule has 1 saturated carbocycles. The lowest BCUT2D eigenvalue weighted by atomic mass is 10.2. The lowest BCUT2D eigenvalue weighted by Gasteiger charge is -2.11. The molecule has 1 fully saturated rings. The van der Waals surface area contributed by atoms with Crippen molar-refractivity contribution in [3.8, 4) is 0 Å². The van der Waals surface area contributed by atoms with E-state index in [-0.39, 0.29) is 11.3 Å². The van der Waals surface area contributed by atoms with Gasteiger partial charge < -0.3 is 10.6 Å². The highest BCUT2D eigenvalue weighted by atomic mass is 19.2. The zero-order valence-electron chi connectivity index (χ0n) is 12.4. The molecule has 1 aliphatic carbocycles. The number of nitrogens with zero attached hydrogens (tertiary/aromatic N) is 2. The quantitative estimate of drug-likeness (QED) is 0.907. The molecular weight excluding hydrogens is 302 g/mol. The van der Waals surface area contributed by atoms with E-state index in [2.05, 4.69) is 20.6 Å². The smallest absolute Gasteiger partial charge is 0.258 e. The summed E-state index contributed by atoms with van der Waals surface area (Å²) in [6.45, 7) is 0. The number of amides is 1. The van der Waals surface area contributed by atoms with Crippen LogP contribution in [0.2, 0.25) is 0 Å². The number of carbonyl (C=O) groups excluding carboxylic acids is 1. The van der Waals surface area contributed by atoms with Crippen LogP contribution in [0.3, 0.4) is 0 Å². The fraction of sp³-hybridized carbons (Fsp3) is 0.312. The third-order valence-corrected chi connectivity index (χ3v) is 3.78. The van der Waals surface area contributed by atoms with E-state index in [9.17, 15) is 13.6 Å². The first-order chi connectivity index (χ1) is 11.1. The average Bonchev–Trinajstić information content (AvgIpc) is 3.04. The lowest BCUT2D eigenvalue weighted by molar-refractivity contribution is 0.102. The molecule has 7 heteroatoms. The second-order valence-electron chi connectivity index (χ2n) is 5.50. The van der Waals surface area contributed by atoms with Gasteiger partial charge in [-0.1, -0.05) is 12.8 Å². The standard InChI is InChI=1S/C16H16F2N4O/c17-13-6-5-12(7-14(13)18)21-15(23)10-8-19-16(20-9-10)22-11-3-1-2-4-11/h5-9,11H,1-4H2,(H,21,23)(H,19,20,22). The Bertz CT molecular complexity index is 700. The zero-order chi connectivity index (χ0) is 16.2. The number of rotatable bonds is 4. The van der Waals surface area contributed by atoms with Crippen LogP contribution >= 0.6 is 0 Å². The van der Waals surface area contributed by atoms with Gasteiger partial charge in [0.2, 0.25) is 5.95 Å². The van der Waals surface area contributed by atoms with Gasteiger partial charge in [-0.2, -0.15) is 0 Å². The van der Waals surface area contributed by atoms with Gasteiger partial charge in [0.1, 0.15) is 0 Å². The van der Waals surface area contributed by atoms with Gasteiger partial charge in [0.05, 0.1) is 5.56 Å². The Hall–Kier alpha value is -2.57. The summed E-state index contributed by atoms with van der Waals surface area (Å²) >= 11 is 0. The maximum atomic E-state index is 13.1. The van der Waals surface area contributed by atoms with Gasteiger partial charge in [-0.3, -0.25) is 4.79 Å². The third kappa shape index (κ3) is 3.80. The van der Waals surface area contributed by atoms with Crippen molar-refractivity contribution in [1.82, 2.24) is 9.97 Å². The molecule has 0 aliphatic heterocycles. The second kappa shape index (κ2) is 6.68. The highest BCUT2D eigenvalue weighted by Crippen LogP contribution is 2.20. The van der Waals surface area contributed by atoms with Crippen LogP contribution in [0.1, 0.15) is 36.0 Å². The van der Waals surface area contributed by atoms with Crippen molar-refractivity contribution in [1.29, 1.82) is 0 Å². The number of anilines is 2. The molecule has 5 nitrogen and oxygen atoms in total. The highest BCUT2D eigenvalue weighted by Gasteiger charge is 2.16. The summed E-state index contributed by atoms with van der Waals surface area (Å²) in [7, 11) is 0. The molecule has 0 unspecified atom stereocenters. The molecule has 1 heterocycles. The maximum absolute atomic E-state index is 13.1. The second-order valence-corrected chi connectivity index (χ2v) is 5.50. The van der Waals surface area contributed by atoms with E-state index < -0.39 is 17.5 Å². The maximum Gasteiger partial charge on any atom is 0.258 e. The van der Waals surface area contributed by atoms with Crippen LogP contribution in [0, 0.1) is 11.6 Å². The number of halogens is 2. The molecule has 2 aromatic rings. The zero-order valence-corrected chi connectivity index (χ0v) is 12.4. The number of aromatic nitrogens is 2. The monoisotopic (exact) mass is 318 g/mol. The van der Waals surface area contributed by atoms with Crippen LogP contribution in [0.15, 0.2) is 30.6 Å². The van der Waals surface area contributed by atoms with E-state index in [1.807, 2.05) is 0 Å². The molecular formula is C16H16F2N4O. The molecule has 1 aliphatic rings. The molecule has 1 aromatic carbocycles. The van der Waals surface area contributed by atoms with E-state index in [1.54, 1.807) is 0 Å². The van der Waals surface area contributed by atoms with Crippen molar-refractivity contribution in [3.63, 3.8) is 0 Å². The first-order valence-electron chi connectivity index (χ1n) is 7.47. The van der Waals surface area contributed by atoms with Crippen molar-refractivity contribution in [3.05, 3.63) is 47.8 Å². The van der Waals surface area contributed by atoms with E-state index in [0.29, 0.717) is 12.0 Å². The molecule has 120 valence electrons. The molecule has 0 spiro atoms. The van der Waals surface area contributed by atoms with Crippen LogP contribution in [-0.4, -0.2) is 21.9 Å². The SMILES string of the molecule is O=C(Nc1ccc(F)c(F)c1)c1cnc(NC2CCCC2)nc1. The minimum Gasteiger partial charge on any atom is -0.351 e. The van der Waals surface area contributed by atoms with Gasteiger partial charge in [0.15, 0.2) is 11.6 Å². The van der Waals surface area contributed by atoms with Crippen molar-refractivity contribution < 1.29 is 13.6 Å². The summed E-state index contributed by atoms with van der Waals surface area (Å²) in [5, 5.41) is 5.70. The number of benzene rings is 1. The largest absolute Gasteiger partial charge is 0.351 e. The van der Waals surface area contributed by atoms with Crippen molar-refractivity contribution in [2.24, 2.45) is 0 Å². The minimum absolute atomic E-state index is 0.169. The molecule has 1 aromatic heterocycles. The van der Waals surface area contributed by atoms with E-state index in [4.69, 9.17) is 0 Å². The summed E-state index contributed by atoms with van der Waals surface area (Å²) in [6, 6.07) is 3.55. The van der Waals surface area contributed by atoms with Gasteiger partial charge in [-0.05, 0) is 25.0 Å². The predicted molar refractivity (Wildman–Crippen MR) is 82.2 cm³/mol. The molecule has 3 rings (SSSR count). The summed E-state index contributed by atoms with van der Waals surface area (Å²) in [4.78, 5) is 20.3.